The third-order valence-electron chi connectivity index (χ3n) is 5.47. The third kappa shape index (κ3) is 4.04. The molecule has 3 heteroatoms. The summed E-state index contributed by atoms with van der Waals surface area (Å²) in [4.78, 5) is 7.89. The van der Waals surface area contributed by atoms with E-state index in [9.17, 15) is 0 Å². The SMILES string of the molecule is C[C@@H]1C[C@@H](C)C[NH+](C2CC[NH+](Cc3cccnc3)CC2)C1. The Morgan fingerprint density at radius 3 is 2.48 bits per heavy atom. The van der Waals surface area contributed by atoms with Crippen LogP contribution in [-0.4, -0.2) is 37.2 Å². The summed E-state index contributed by atoms with van der Waals surface area (Å²) in [6.07, 6.45) is 8.15. The normalized spacial score (nSPS) is 37.3. The molecule has 1 aromatic rings. The van der Waals surface area contributed by atoms with Crippen molar-refractivity contribution in [2.75, 3.05) is 26.2 Å². The monoisotopic (exact) mass is 289 g/mol. The molecule has 2 aliphatic heterocycles. The fourth-order valence-electron chi connectivity index (χ4n) is 4.57. The minimum Gasteiger partial charge on any atom is -0.332 e. The van der Waals surface area contributed by atoms with Crippen molar-refractivity contribution >= 4 is 0 Å². The number of quaternary nitrogens is 2. The zero-order valence-corrected chi connectivity index (χ0v) is 13.6. The van der Waals surface area contributed by atoms with Crippen LogP contribution in [0.15, 0.2) is 24.5 Å². The standard InChI is InChI=1S/C18H29N3/c1-15-10-16(2)13-21(12-15)18-5-8-20(9-6-18)14-17-4-3-7-19-11-17/h3-4,7,11,15-16,18H,5-6,8-10,12-14H2,1-2H3/p+2/t15-,16-/m1/s1. The molecule has 0 unspecified atom stereocenters. The fourth-order valence-corrected chi connectivity index (χ4v) is 4.57. The van der Waals surface area contributed by atoms with E-state index in [1.54, 1.807) is 4.90 Å². The van der Waals surface area contributed by atoms with Gasteiger partial charge in [-0.3, -0.25) is 4.98 Å². The van der Waals surface area contributed by atoms with Gasteiger partial charge in [0, 0.05) is 42.6 Å². The summed E-state index contributed by atoms with van der Waals surface area (Å²) in [5, 5.41) is 0. The van der Waals surface area contributed by atoms with Crippen molar-refractivity contribution in [3.63, 3.8) is 0 Å². The molecule has 2 aliphatic rings. The topological polar surface area (TPSA) is 21.8 Å². The van der Waals surface area contributed by atoms with Gasteiger partial charge in [0.25, 0.3) is 0 Å². The summed E-state index contributed by atoms with van der Waals surface area (Å²) in [6, 6.07) is 5.20. The zero-order chi connectivity index (χ0) is 14.7. The van der Waals surface area contributed by atoms with Gasteiger partial charge in [-0.05, 0) is 12.5 Å². The van der Waals surface area contributed by atoms with Crippen molar-refractivity contribution < 1.29 is 9.80 Å². The molecule has 116 valence electrons. The first-order valence-corrected chi connectivity index (χ1v) is 8.77. The third-order valence-corrected chi connectivity index (χ3v) is 5.47. The molecule has 2 atom stereocenters. The van der Waals surface area contributed by atoms with Crippen LogP contribution in [-0.2, 0) is 6.54 Å². The highest BCUT2D eigenvalue weighted by atomic mass is 15.2. The van der Waals surface area contributed by atoms with Crippen LogP contribution in [0.3, 0.4) is 0 Å². The van der Waals surface area contributed by atoms with Crippen LogP contribution in [0.2, 0.25) is 0 Å². The van der Waals surface area contributed by atoms with Crippen LogP contribution >= 0.6 is 0 Å². The van der Waals surface area contributed by atoms with Crippen molar-refractivity contribution in [1.29, 1.82) is 0 Å². The smallest absolute Gasteiger partial charge is 0.104 e. The lowest BCUT2D eigenvalue weighted by atomic mass is 9.89. The average Bonchev–Trinajstić information content (AvgIpc) is 2.48. The molecule has 0 aliphatic carbocycles. The lowest BCUT2D eigenvalue weighted by Crippen LogP contribution is -3.21. The lowest BCUT2D eigenvalue weighted by Gasteiger charge is -2.39. The predicted molar refractivity (Wildman–Crippen MR) is 85.3 cm³/mol. The van der Waals surface area contributed by atoms with Crippen molar-refractivity contribution in [2.24, 2.45) is 11.8 Å². The Kier molecular flexibility index (Phi) is 4.91. The highest BCUT2D eigenvalue weighted by Gasteiger charge is 2.34. The van der Waals surface area contributed by atoms with Gasteiger partial charge in [-0.1, -0.05) is 19.9 Å². The Bertz CT molecular complexity index is 415. The van der Waals surface area contributed by atoms with Crippen LogP contribution in [0, 0.1) is 11.8 Å². The van der Waals surface area contributed by atoms with Crippen LogP contribution in [0.25, 0.3) is 0 Å². The van der Waals surface area contributed by atoms with Crippen LogP contribution < -0.4 is 9.80 Å². The molecular weight excluding hydrogens is 258 g/mol. The molecule has 0 bridgehead atoms. The van der Waals surface area contributed by atoms with Crippen molar-refractivity contribution in [2.45, 2.75) is 45.7 Å². The second kappa shape index (κ2) is 6.89. The van der Waals surface area contributed by atoms with Crippen molar-refractivity contribution in [3.8, 4) is 0 Å². The van der Waals surface area contributed by atoms with Crippen LogP contribution in [0.4, 0.5) is 0 Å². The fraction of sp³-hybridized carbons (Fsp3) is 0.722. The summed E-state index contributed by atoms with van der Waals surface area (Å²) < 4.78 is 0. The molecule has 1 aromatic heterocycles. The van der Waals surface area contributed by atoms with Crippen molar-refractivity contribution in [3.05, 3.63) is 30.1 Å². The molecule has 2 saturated heterocycles. The zero-order valence-electron chi connectivity index (χ0n) is 13.6. The first kappa shape index (κ1) is 15.0. The van der Waals surface area contributed by atoms with Gasteiger partial charge in [0.2, 0.25) is 0 Å². The largest absolute Gasteiger partial charge is 0.332 e. The van der Waals surface area contributed by atoms with Crippen LogP contribution in [0.5, 0.6) is 0 Å². The molecule has 3 heterocycles. The molecule has 0 radical (unpaired) electrons. The molecule has 0 spiro atoms. The number of rotatable bonds is 3. The molecule has 0 aromatic carbocycles. The van der Waals surface area contributed by atoms with E-state index >= 15 is 0 Å². The van der Waals surface area contributed by atoms with Crippen LogP contribution in [0.1, 0.15) is 38.7 Å². The van der Waals surface area contributed by atoms with E-state index < -0.39 is 0 Å². The minimum absolute atomic E-state index is 0.921. The summed E-state index contributed by atoms with van der Waals surface area (Å²) in [5.41, 5.74) is 1.39. The molecule has 0 amide bonds. The predicted octanol–water partition coefficient (Wildman–Crippen LogP) is 0.190. The van der Waals surface area contributed by atoms with Crippen molar-refractivity contribution in [1.82, 2.24) is 4.98 Å². The number of hydrogen-bond donors (Lipinski definition) is 2. The molecular formula is C18H31N3+2. The summed E-state index contributed by atoms with van der Waals surface area (Å²) in [7, 11) is 0. The number of piperidine rings is 2. The molecule has 21 heavy (non-hydrogen) atoms. The maximum absolute atomic E-state index is 4.24. The molecule has 2 N–H and O–H groups in total. The van der Waals surface area contributed by atoms with E-state index in [2.05, 4.69) is 31.0 Å². The van der Waals surface area contributed by atoms with E-state index in [0.29, 0.717) is 0 Å². The second-order valence-corrected chi connectivity index (χ2v) is 7.57. The molecule has 3 nitrogen and oxygen atoms in total. The summed E-state index contributed by atoms with van der Waals surface area (Å²) in [5.74, 6) is 1.84. The average molecular weight is 289 g/mol. The first-order chi connectivity index (χ1) is 10.2. The Hall–Kier alpha value is -0.930. The Morgan fingerprint density at radius 2 is 1.86 bits per heavy atom. The summed E-state index contributed by atoms with van der Waals surface area (Å²) >= 11 is 0. The summed E-state index contributed by atoms with van der Waals surface area (Å²) in [6.45, 7) is 11.5. The van der Waals surface area contributed by atoms with E-state index in [4.69, 9.17) is 0 Å². The second-order valence-electron chi connectivity index (χ2n) is 7.57. The molecule has 0 saturated carbocycles. The quantitative estimate of drug-likeness (QED) is 0.815. The number of nitrogens with one attached hydrogen (secondary N) is 2. The molecule has 3 rings (SSSR count). The van der Waals surface area contributed by atoms with E-state index in [1.165, 1.54) is 51.0 Å². The number of pyridine rings is 1. The van der Waals surface area contributed by atoms with Gasteiger partial charge in [0.15, 0.2) is 0 Å². The Labute approximate surface area is 129 Å². The maximum Gasteiger partial charge on any atom is 0.104 e. The van der Waals surface area contributed by atoms with E-state index in [1.807, 2.05) is 17.3 Å². The maximum atomic E-state index is 4.24. The lowest BCUT2D eigenvalue weighted by molar-refractivity contribution is -0.969. The van der Waals surface area contributed by atoms with Gasteiger partial charge < -0.3 is 9.80 Å². The van der Waals surface area contributed by atoms with Gasteiger partial charge in [-0.15, -0.1) is 0 Å². The van der Waals surface area contributed by atoms with Gasteiger partial charge in [0.1, 0.15) is 6.54 Å². The van der Waals surface area contributed by atoms with E-state index in [-0.39, 0.29) is 0 Å². The number of nitrogens with zero attached hydrogens (tertiary/aromatic N) is 1. The number of hydrogen-bond acceptors (Lipinski definition) is 1. The van der Waals surface area contributed by atoms with Gasteiger partial charge >= 0.3 is 0 Å². The Balaban J connectivity index is 1.48. The van der Waals surface area contributed by atoms with Gasteiger partial charge in [-0.2, -0.15) is 0 Å². The van der Waals surface area contributed by atoms with E-state index in [0.717, 1.165) is 24.4 Å². The van der Waals surface area contributed by atoms with Gasteiger partial charge in [-0.25, -0.2) is 0 Å². The highest BCUT2D eigenvalue weighted by molar-refractivity contribution is 5.06. The number of aromatic nitrogens is 1. The first-order valence-electron chi connectivity index (χ1n) is 8.77. The molecule has 2 fully saturated rings. The van der Waals surface area contributed by atoms with Gasteiger partial charge in [0.05, 0.1) is 32.2 Å². The minimum atomic E-state index is 0.921. The number of likely N-dealkylation sites (tertiary alicyclic amines) is 2. The highest BCUT2D eigenvalue weighted by Crippen LogP contribution is 2.13. The Morgan fingerprint density at radius 1 is 1.14 bits per heavy atom.